The number of carboxylic acids is 1. The van der Waals surface area contributed by atoms with E-state index in [0.29, 0.717) is 38.3 Å². The lowest BCUT2D eigenvalue weighted by Crippen LogP contribution is -2.25. The van der Waals surface area contributed by atoms with Crippen molar-refractivity contribution in [3.63, 3.8) is 0 Å². The van der Waals surface area contributed by atoms with Crippen LogP contribution in [0.1, 0.15) is 65.3 Å². The van der Waals surface area contributed by atoms with Crippen molar-refractivity contribution in [2.75, 3.05) is 7.11 Å². The molecule has 1 aliphatic carbocycles. The summed E-state index contributed by atoms with van der Waals surface area (Å²) in [5, 5.41) is 14.5. The predicted octanol–water partition coefficient (Wildman–Crippen LogP) is 7.79. The number of benzene rings is 3. The van der Waals surface area contributed by atoms with Gasteiger partial charge in [0.1, 0.15) is 17.5 Å². The van der Waals surface area contributed by atoms with Crippen molar-refractivity contribution >= 4 is 66.5 Å². The van der Waals surface area contributed by atoms with Gasteiger partial charge in [-0.15, -0.1) is 0 Å². The van der Waals surface area contributed by atoms with Crippen molar-refractivity contribution in [3.8, 4) is 11.5 Å². The molecule has 0 saturated heterocycles. The quantitative estimate of drug-likeness (QED) is 0.188. The average Bonchev–Trinajstić information content (AvgIpc) is 2.98. The summed E-state index contributed by atoms with van der Waals surface area (Å²) in [4.78, 5) is 29.6. The van der Waals surface area contributed by atoms with Gasteiger partial charge >= 0.3 is 5.97 Å². The van der Waals surface area contributed by atoms with Crippen LogP contribution in [0.25, 0.3) is 10.9 Å². The molecule has 4 aromatic rings. The minimum Gasteiger partial charge on any atom is -0.493 e. The first-order valence-corrected chi connectivity index (χ1v) is 15.0. The van der Waals surface area contributed by atoms with Gasteiger partial charge in [-0.2, -0.15) is 9.78 Å². The second-order valence-electron chi connectivity index (χ2n) is 9.74. The van der Waals surface area contributed by atoms with Crippen molar-refractivity contribution < 1.29 is 19.4 Å². The average molecular weight is 704 g/mol. The summed E-state index contributed by atoms with van der Waals surface area (Å²) >= 11 is 13.7. The van der Waals surface area contributed by atoms with Crippen LogP contribution in [0, 0.1) is 0 Å². The Morgan fingerprint density at radius 3 is 2.56 bits per heavy atom. The standard InChI is InChI=1S/C30H26Br2ClN3O5/c1-40-24-13-20(25(32)26(33)27(24)41-16-17-7-9-19(10-8-17)30(38)39)15-34-36-28(18-5-3-2-4-6-18)35-23-12-11-21(31)14-22(23)29(36)37/h7-15,18H,2-6,16H2,1H3,(H,38,39). The van der Waals surface area contributed by atoms with Gasteiger partial charge < -0.3 is 14.6 Å². The number of carboxylic acid groups (broad SMARTS) is 1. The van der Waals surface area contributed by atoms with Crippen LogP contribution < -0.4 is 15.0 Å². The molecule has 212 valence electrons. The fourth-order valence-corrected chi connectivity index (χ4v) is 5.92. The summed E-state index contributed by atoms with van der Waals surface area (Å²) in [5.41, 5.74) is 1.95. The summed E-state index contributed by atoms with van der Waals surface area (Å²) in [6.07, 6.45) is 6.83. The van der Waals surface area contributed by atoms with E-state index in [1.165, 1.54) is 30.3 Å². The predicted molar refractivity (Wildman–Crippen MR) is 166 cm³/mol. The Balaban J connectivity index is 1.50. The topological polar surface area (TPSA) is 103 Å². The summed E-state index contributed by atoms with van der Waals surface area (Å²) in [6.45, 7) is 0.147. The van der Waals surface area contributed by atoms with E-state index in [4.69, 9.17) is 31.2 Å². The van der Waals surface area contributed by atoms with Crippen LogP contribution in [0.15, 0.2) is 67.4 Å². The lowest BCUT2D eigenvalue weighted by molar-refractivity contribution is 0.0697. The molecule has 0 atom stereocenters. The highest BCUT2D eigenvalue weighted by Crippen LogP contribution is 2.42. The zero-order valence-corrected chi connectivity index (χ0v) is 26.0. The fourth-order valence-electron chi connectivity index (χ4n) is 4.91. The van der Waals surface area contributed by atoms with Gasteiger partial charge in [0.2, 0.25) is 0 Å². The van der Waals surface area contributed by atoms with E-state index in [1.54, 1.807) is 30.5 Å². The number of hydrogen-bond donors (Lipinski definition) is 1. The van der Waals surface area contributed by atoms with Crippen LogP contribution in [0.5, 0.6) is 11.5 Å². The molecule has 0 amide bonds. The molecule has 0 bridgehead atoms. The lowest BCUT2D eigenvalue weighted by Gasteiger charge is -2.22. The molecule has 1 aromatic heterocycles. The molecule has 3 aromatic carbocycles. The van der Waals surface area contributed by atoms with Gasteiger partial charge in [0, 0.05) is 20.4 Å². The summed E-state index contributed by atoms with van der Waals surface area (Å²) < 4.78 is 14.3. The van der Waals surface area contributed by atoms with Crippen LogP contribution >= 0.6 is 43.5 Å². The van der Waals surface area contributed by atoms with Crippen LogP contribution in [0.3, 0.4) is 0 Å². The molecule has 1 saturated carbocycles. The van der Waals surface area contributed by atoms with Crippen molar-refractivity contribution in [2.24, 2.45) is 5.10 Å². The molecule has 0 radical (unpaired) electrons. The highest BCUT2D eigenvalue weighted by Gasteiger charge is 2.23. The molecule has 1 N–H and O–H groups in total. The Kier molecular flexibility index (Phi) is 9.11. The van der Waals surface area contributed by atoms with Gasteiger partial charge in [-0.1, -0.05) is 58.9 Å². The molecule has 1 fully saturated rings. The number of nitrogens with zero attached hydrogens (tertiary/aromatic N) is 3. The lowest BCUT2D eigenvalue weighted by atomic mass is 9.88. The molecule has 0 unspecified atom stereocenters. The molecule has 1 aliphatic rings. The maximum absolute atomic E-state index is 13.6. The van der Waals surface area contributed by atoms with Crippen molar-refractivity contribution in [1.82, 2.24) is 9.66 Å². The summed E-state index contributed by atoms with van der Waals surface area (Å²) in [6, 6.07) is 13.6. The number of fused-ring (bicyclic) bond motifs is 1. The Bertz CT molecular complexity index is 1700. The smallest absolute Gasteiger partial charge is 0.335 e. The van der Waals surface area contributed by atoms with E-state index >= 15 is 0 Å². The van der Waals surface area contributed by atoms with E-state index in [0.717, 1.165) is 35.7 Å². The van der Waals surface area contributed by atoms with Gasteiger partial charge in [-0.3, -0.25) is 4.79 Å². The second kappa shape index (κ2) is 12.8. The molecule has 41 heavy (non-hydrogen) atoms. The molecule has 5 rings (SSSR count). The molecule has 8 nitrogen and oxygen atoms in total. The van der Waals surface area contributed by atoms with Gasteiger partial charge in [-0.05, 0) is 70.7 Å². The van der Waals surface area contributed by atoms with E-state index in [-0.39, 0.29) is 28.7 Å². The molecule has 0 aliphatic heterocycles. The number of ether oxygens (including phenoxy) is 2. The molecule has 11 heteroatoms. The normalized spacial score (nSPS) is 14.0. The van der Waals surface area contributed by atoms with Gasteiger partial charge in [0.05, 0.1) is 29.8 Å². The molecule has 1 heterocycles. The van der Waals surface area contributed by atoms with Crippen LogP contribution in [-0.4, -0.2) is 34.1 Å². The molecular weight excluding hydrogens is 678 g/mol. The third kappa shape index (κ3) is 6.34. The zero-order chi connectivity index (χ0) is 29.1. The number of aromatic carboxylic acids is 1. The number of halogens is 3. The minimum absolute atomic E-state index is 0.142. The van der Waals surface area contributed by atoms with E-state index in [1.807, 2.05) is 12.1 Å². The summed E-state index contributed by atoms with van der Waals surface area (Å²) in [7, 11) is 1.51. The Morgan fingerprint density at radius 1 is 1.15 bits per heavy atom. The highest BCUT2D eigenvalue weighted by molar-refractivity contribution is 9.10. The molecular formula is C30H26Br2ClN3O5. The largest absolute Gasteiger partial charge is 0.493 e. The van der Waals surface area contributed by atoms with Crippen LogP contribution in [0.4, 0.5) is 0 Å². The van der Waals surface area contributed by atoms with E-state index in [9.17, 15) is 9.59 Å². The third-order valence-corrected chi connectivity index (χ3v) is 9.01. The monoisotopic (exact) mass is 701 g/mol. The fraction of sp³-hybridized carbons (Fsp3) is 0.267. The first-order valence-electron chi connectivity index (χ1n) is 13.0. The van der Waals surface area contributed by atoms with Gasteiger partial charge in [-0.25, -0.2) is 9.78 Å². The van der Waals surface area contributed by atoms with Crippen LogP contribution in [0.2, 0.25) is 5.02 Å². The highest BCUT2D eigenvalue weighted by atomic mass is 79.9. The number of aromatic nitrogens is 2. The second-order valence-corrected chi connectivity index (χ2v) is 11.8. The first-order chi connectivity index (χ1) is 19.8. The minimum atomic E-state index is -0.996. The number of rotatable bonds is 8. The number of carbonyl (C=O) groups is 1. The van der Waals surface area contributed by atoms with E-state index < -0.39 is 5.97 Å². The van der Waals surface area contributed by atoms with Crippen molar-refractivity contribution in [1.29, 1.82) is 0 Å². The van der Waals surface area contributed by atoms with E-state index in [2.05, 4.69) is 37.0 Å². The maximum atomic E-state index is 13.6. The van der Waals surface area contributed by atoms with Gasteiger partial charge in [0.25, 0.3) is 5.56 Å². The Labute approximate surface area is 258 Å². The summed E-state index contributed by atoms with van der Waals surface area (Å²) in [5.74, 6) is 0.497. The van der Waals surface area contributed by atoms with Crippen LogP contribution in [-0.2, 0) is 6.61 Å². The SMILES string of the molecule is COc1cc(C=Nn2c(C3CCCCC3)nc3ccc(Br)cc3c2=O)c(Br)c(Cl)c1OCc1ccc(C(=O)O)cc1. The number of methoxy groups -OCH3 is 1. The maximum Gasteiger partial charge on any atom is 0.335 e. The van der Waals surface area contributed by atoms with Crippen molar-refractivity contribution in [2.45, 2.75) is 44.6 Å². The molecule has 0 spiro atoms. The first kappa shape index (κ1) is 29.3. The van der Waals surface area contributed by atoms with Gasteiger partial charge in [0.15, 0.2) is 11.5 Å². The number of hydrogen-bond acceptors (Lipinski definition) is 6. The third-order valence-electron chi connectivity index (χ3n) is 7.08. The zero-order valence-electron chi connectivity index (χ0n) is 22.1. The van der Waals surface area contributed by atoms with Crippen molar-refractivity contribution in [3.05, 3.63) is 95.4 Å². The Morgan fingerprint density at radius 2 is 1.88 bits per heavy atom. The Hall–Kier alpha value is -3.21.